The molecule has 112 valence electrons. The van der Waals surface area contributed by atoms with Gasteiger partial charge in [0.25, 0.3) is 0 Å². The average Bonchev–Trinajstić information content (AvgIpc) is 2.36. The first-order valence-electron chi connectivity index (χ1n) is 6.97. The van der Waals surface area contributed by atoms with E-state index < -0.39 is 0 Å². The van der Waals surface area contributed by atoms with E-state index in [0.717, 1.165) is 5.69 Å². The van der Waals surface area contributed by atoms with Crippen LogP contribution >= 0.6 is 0 Å². The molecular weight excluding hydrogens is 254 g/mol. The Kier molecular flexibility index (Phi) is 6.52. The van der Waals surface area contributed by atoms with E-state index >= 15 is 0 Å². The summed E-state index contributed by atoms with van der Waals surface area (Å²) in [5, 5.41) is 3.19. The molecule has 0 heterocycles. The number of hydrogen-bond acceptors (Lipinski definition) is 4. The van der Waals surface area contributed by atoms with Crippen LogP contribution in [0.15, 0.2) is 24.3 Å². The molecule has 0 aliphatic rings. The number of hydrogen-bond donors (Lipinski definition) is 1. The molecule has 0 fully saturated rings. The first-order chi connectivity index (χ1) is 9.37. The molecule has 1 rings (SSSR count). The van der Waals surface area contributed by atoms with Crippen molar-refractivity contribution >= 4 is 11.7 Å². The van der Waals surface area contributed by atoms with Gasteiger partial charge < -0.3 is 14.8 Å². The third-order valence-corrected chi connectivity index (χ3v) is 2.59. The highest BCUT2D eigenvalue weighted by molar-refractivity contribution is 5.70. The van der Waals surface area contributed by atoms with Crippen molar-refractivity contribution in [1.29, 1.82) is 0 Å². The molecule has 1 N–H and O–H groups in total. The van der Waals surface area contributed by atoms with Crippen LogP contribution in [0, 0.1) is 6.92 Å². The minimum atomic E-state index is -0.206. The van der Waals surface area contributed by atoms with Gasteiger partial charge in [0.15, 0.2) is 0 Å². The van der Waals surface area contributed by atoms with Gasteiger partial charge in [-0.1, -0.05) is 17.7 Å². The smallest absolute Gasteiger partial charge is 0.307 e. The van der Waals surface area contributed by atoms with Crippen LogP contribution in [0.5, 0.6) is 0 Å². The van der Waals surface area contributed by atoms with Crippen molar-refractivity contribution in [3.8, 4) is 0 Å². The van der Waals surface area contributed by atoms with Crippen molar-refractivity contribution in [3.05, 3.63) is 29.8 Å². The summed E-state index contributed by atoms with van der Waals surface area (Å²) in [4.78, 5) is 11.5. The van der Waals surface area contributed by atoms with Crippen LogP contribution in [-0.4, -0.2) is 31.3 Å². The second-order valence-corrected chi connectivity index (χ2v) is 5.72. The minimum absolute atomic E-state index is 0.195. The molecule has 0 aromatic heterocycles. The summed E-state index contributed by atoms with van der Waals surface area (Å²) < 4.78 is 10.6. The van der Waals surface area contributed by atoms with Crippen LogP contribution in [0.25, 0.3) is 0 Å². The Bertz CT molecular complexity index is 407. The van der Waals surface area contributed by atoms with Crippen molar-refractivity contribution in [2.45, 2.75) is 39.7 Å². The Morgan fingerprint density at radius 1 is 1.15 bits per heavy atom. The number of esters is 1. The molecule has 4 nitrogen and oxygen atoms in total. The first kappa shape index (κ1) is 16.5. The Hall–Kier alpha value is -1.55. The molecule has 0 bridgehead atoms. The van der Waals surface area contributed by atoms with Crippen molar-refractivity contribution in [1.82, 2.24) is 0 Å². The number of nitrogens with one attached hydrogen (secondary N) is 1. The third-order valence-electron chi connectivity index (χ3n) is 2.59. The standard InChI is InChI=1S/C16H25NO3/c1-13-5-7-14(8-6-13)17-10-9-15(18)19-11-12-20-16(2,3)4/h5-8,17H,9-12H2,1-4H3. The normalized spacial score (nSPS) is 11.2. The first-order valence-corrected chi connectivity index (χ1v) is 6.97. The molecule has 0 amide bonds. The van der Waals surface area contributed by atoms with E-state index in [4.69, 9.17) is 9.47 Å². The predicted octanol–water partition coefficient (Wildman–Crippen LogP) is 3.16. The quantitative estimate of drug-likeness (QED) is 0.615. The number of benzene rings is 1. The van der Waals surface area contributed by atoms with Gasteiger partial charge in [-0.05, 0) is 39.8 Å². The summed E-state index contributed by atoms with van der Waals surface area (Å²) in [6, 6.07) is 8.06. The van der Waals surface area contributed by atoms with Gasteiger partial charge in [0.1, 0.15) is 6.61 Å². The number of anilines is 1. The molecule has 1 aromatic carbocycles. The maximum absolute atomic E-state index is 11.5. The molecule has 0 unspecified atom stereocenters. The zero-order valence-electron chi connectivity index (χ0n) is 12.9. The summed E-state index contributed by atoms with van der Waals surface area (Å²) in [6.45, 7) is 9.27. The van der Waals surface area contributed by atoms with Crippen LogP contribution in [-0.2, 0) is 14.3 Å². The Morgan fingerprint density at radius 3 is 2.40 bits per heavy atom. The molecule has 0 aliphatic carbocycles. The van der Waals surface area contributed by atoms with E-state index in [9.17, 15) is 4.79 Å². The lowest BCUT2D eigenvalue weighted by molar-refractivity contribution is -0.146. The maximum Gasteiger partial charge on any atom is 0.307 e. The van der Waals surface area contributed by atoms with Gasteiger partial charge in [-0.25, -0.2) is 0 Å². The lowest BCUT2D eigenvalue weighted by Crippen LogP contribution is -2.23. The SMILES string of the molecule is Cc1ccc(NCCC(=O)OCCOC(C)(C)C)cc1. The lowest BCUT2D eigenvalue weighted by Gasteiger charge is -2.19. The summed E-state index contributed by atoms with van der Waals surface area (Å²) in [5.41, 5.74) is 2.03. The molecule has 0 aliphatic heterocycles. The Labute approximate surface area is 121 Å². The fraction of sp³-hybridized carbons (Fsp3) is 0.562. The molecular formula is C16H25NO3. The van der Waals surface area contributed by atoms with Crippen molar-refractivity contribution in [2.24, 2.45) is 0 Å². The van der Waals surface area contributed by atoms with Gasteiger partial charge in [0.2, 0.25) is 0 Å². The summed E-state index contributed by atoms with van der Waals surface area (Å²) in [6.07, 6.45) is 0.351. The predicted molar refractivity (Wildman–Crippen MR) is 80.9 cm³/mol. The second-order valence-electron chi connectivity index (χ2n) is 5.72. The molecule has 0 saturated carbocycles. The zero-order valence-corrected chi connectivity index (χ0v) is 12.9. The highest BCUT2D eigenvalue weighted by Gasteiger charge is 2.10. The van der Waals surface area contributed by atoms with Crippen LogP contribution in [0.3, 0.4) is 0 Å². The topological polar surface area (TPSA) is 47.6 Å². The maximum atomic E-state index is 11.5. The number of rotatable bonds is 7. The number of carbonyl (C=O) groups excluding carboxylic acids is 1. The fourth-order valence-corrected chi connectivity index (χ4v) is 1.56. The Balaban J connectivity index is 2.10. The molecule has 0 radical (unpaired) electrons. The number of aryl methyl sites for hydroxylation is 1. The largest absolute Gasteiger partial charge is 0.463 e. The summed E-state index contributed by atoms with van der Waals surface area (Å²) >= 11 is 0. The summed E-state index contributed by atoms with van der Waals surface area (Å²) in [5.74, 6) is -0.206. The van der Waals surface area contributed by atoms with E-state index in [1.165, 1.54) is 5.56 Å². The number of ether oxygens (including phenoxy) is 2. The van der Waals surface area contributed by atoms with Gasteiger partial charge in [0, 0.05) is 12.2 Å². The van der Waals surface area contributed by atoms with Crippen molar-refractivity contribution in [3.63, 3.8) is 0 Å². The monoisotopic (exact) mass is 279 g/mol. The van der Waals surface area contributed by atoms with Gasteiger partial charge >= 0.3 is 5.97 Å². The van der Waals surface area contributed by atoms with Gasteiger partial charge in [-0.15, -0.1) is 0 Å². The summed E-state index contributed by atoms with van der Waals surface area (Å²) in [7, 11) is 0. The van der Waals surface area contributed by atoms with Crippen LogP contribution in [0.1, 0.15) is 32.8 Å². The van der Waals surface area contributed by atoms with Crippen LogP contribution < -0.4 is 5.32 Å². The van der Waals surface area contributed by atoms with Crippen molar-refractivity contribution in [2.75, 3.05) is 25.1 Å². The van der Waals surface area contributed by atoms with Gasteiger partial charge in [-0.2, -0.15) is 0 Å². The highest BCUT2D eigenvalue weighted by Crippen LogP contribution is 2.08. The molecule has 0 saturated heterocycles. The molecule has 1 aromatic rings. The Morgan fingerprint density at radius 2 is 1.80 bits per heavy atom. The fourth-order valence-electron chi connectivity index (χ4n) is 1.56. The van der Waals surface area contributed by atoms with Gasteiger partial charge in [-0.3, -0.25) is 4.79 Å². The second kappa shape index (κ2) is 7.90. The van der Waals surface area contributed by atoms with Crippen LogP contribution in [0.4, 0.5) is 5.69 Å². The molecule has 4 heteroatoms. The van der Waals surface area contributed by atoms with Gasteiger partial charge in [0.05, 0.1) is 18.6 Å². The molecule has 0 atom stereocenters. The molecule has 0 spiro atoms. The van der Waals surface area contributed by atoms with Crippen molar-refractivity contribution < 1.29 is 14.3 Å². The average molecular weight is 279 g/mol. The minimum Gasteiger partial charge on any atom is -0.463 e. The third kappa shape index (κ3) is 7.79. The number of carbonyl (C=O) groups is 1. The van der Waals surface area contributed by atoms with E-state index in [0.29, 0.717) is 26.2 Å². The van der Waals surface area contributed by atoms with E-state index in [-0.39, 0.29) is 11.6 Å². The van der Waals surface area contributed by atoms with E-state index in [1.807, 2.05) is 52.0 Å². The highest BCUT2D eigenvalue weighted by atomic mass is 16.6. The van der Waals surface area contributed by atoms with E-state index in [2.05, 4.69) is 5.32 Å². The van der Waals surface area contributed by atoms with E-state index in [1.54, 1.807) is 0 Å². The van der Waals surface area contributed by atoms with Crippen LogP contribution in [0.2, 0.25) is 0 Å². The lowest BCUT2D eigenvalue weighted by atomic mass is 10.2. The zero-order chi connectivity index (χ0) is 15.0. The molecule has 20 heavy (non-hydrogen) atoms.